The number of sulfonamides is 1. The van der Waals surface area contributed by atoms with Gasteiger partial charge in [0.15, 0.2) is 0 Å². The molecule has 0 saturated carbocycles. The van der Waals surface area contributed by atoms with Crippen molar-refractivity contribution in [1.29, 1.82) is 0 Å². The van der Waals surface area contributed by atoms with Gasteiger partial charge in [0.2, 0.25) is 0 Å². The van der Waals surface area contributed by atoms with Crippen LogP contribution in [0, 0.1) is 12.7 Å². The van der Waals surface area contributed by atoms with Crippen molar-refractivity contribution >= 4 is 21.7 Å². The molecule has 0 saturated heterocycles. The first kappa shape index (κ1) is 18.4. The second-order valence-corrected chi connectivity index (χ2v) is 8.01. The Bertz CT molecular complexity index is 970. The number of fused-ring (bicyclic) bond motifs is 1. The zero-order chi connectivity index (χ0) is 18.9. The summed E-state index contributed by atoms with van der Waals surface area (Å²) in [6.45, 7) is 1.68. The van der Waals surface area contributed by atoms with Crippen molar-refractivity contribution in [3.63, 3.8) is 0 Å². The zero-order valence-corrected chi connectivity index (χ0v) is 15.5. The van der Waals surface area contributed by atoms with Crippen molar-refractivity contribution in [3.05, 3.63) is 58.4 Å². The molecule has 0 heterocycles. The lowest BCUT2D eigenvalue weighted by Crippen LogP contribution is -2.20. The number of aryl methyl sites for hydroxylation is 2. The number of benzene rings is 2. The van der Waals surface area contributed by atoms with Gasteiger partial charge in [-0.1, -0.05) is 12.1 Å². The molecular weight excluding hydrogens is 357 g/mol. The Hall–Kier alpha value is -2.41. The number of hydrogen-bond donors (Lipinski definition) is 1. The average Bonchev–Trinajstić information content (AvgIpc) is 2.62. The third kappa shape index (κ3) is 3.44. The Morgan fingerprint density at radius 2 is 1.88 bits per heavy atom. The number of ether oxygens (including phenoxy) is 1. The Labute approximate surface area is 152 Å². The predicted molar refractivity (Wildman–Crippen MR) is 96.4 cm³/mol. The van der Waals surface area contributed by atoms with Crippen molar-refractivity contribution in [2.24, 2.45) is 0 Å². The molecule has 0 aromatic heterocycles. The number of halogens is 1. The highest BCUT2D eigenvalue weighted by atomic mass is 32.2. The summed E-state index contributed by atoms with van der Waals surface area (Å²) in [7, 11) is -2.94. The summed E-state index contributed by atoms with van der Waals surface area (Å²) in [5.74, 6) is -1.45. The van der Waals surface area contributed by atoms with Gasteiger partial charge in [0.05, 0.1) is 18.4 Å². The fraction of sp³-hybridized carbons (Fsp3) is 0.316. The van der Waals surface area contributed by atoms with Gasteiger partial charge in [-0.15, -0.1) is 0 Å². The number of nitrogens with one attached hydrogen (secondary N) is 1. The van der Waals surface area contributed by atoms with Crippen LogP contribution in [-0.4, -0.2) is 21.5 Å². The van der Waals surface area contributed by atoms with Crippen molar-refractivity contribution in [2.45, 2.75) is 37.5 Å². The molecule has 0 atom stereocenters. The molecule has 0 amide bonds. The van der Waals surface area contributed by atoms with Gasteiger partial charge in [0.25, 0.3) is 10.0 Å². The predicted octanol–water partition coefficient (Wildman–Crippen LogP) is 3.60. The average molecular weight is 377 g/mol. The monoisotopic (exact) mass is 377 g/mol. The van der Waals surface area contributed by atoms with Crippen LogP contribution in [0.1, 0.15) is 39.9 Å². The fourth-order valence-corrected chi connectivity index (χ4v) is 4.50. The Kier molecular flexibility index (Phi) is 5.00. The Morgan fingerprint density at radius 1 is 1.15 bits per heavy atom. The molecule has 1 aliphatic rings. The zero-order valence-electron chi connectivity index (χ0n) is 14.6. The number of hydrogen-bond acceptors (Lipinski definition) is 4. The highest BCUT2D eigenvalue weighted by molar-refractivity contribution is 7.92. The van der Waals surface area contributed by atoms with E-state index in [2.05, 4.69) is 4.72 Å². The van der Waals surface area contributed by atoms with Crippen LogP contribution in [0.15, 0.2) is 35.2 Å². The molecule has 0 fully saturated rings. The summed E-state index contributed by atoms with van der Waals surface area (Å²) in [6, 6.07) is 7.21. The van der Waals surface area contributed by atoms with Gasteiger partial charge in [0.1, 0.15) is 10.7 Å². The number of rotatable bonds is 4. The second kappa shape index (κ2) is 7.07. The van der Waals surface area contributed by atoms with Crippen LogP contribution < -0.4 is 4.72 Å². The molecule has 0 aliphatic heterocycles. The van der Waals surface area contributed by atoms with Gasteiger partial charge < -0.3 is 4.74 Å². The molecule has 1 N–H and O–H groups in total. The normalized spacial score (nSPS) is 13.8. The topological polar surface area (TPSA) is 72.5 Å². The standard InChI is InChI=1S/C19H20FNO4S/c1-12-7-9-15(20)17(11-12)26(23,24)21-16-10-8-13-5-3-4-6-14(13)18(16)19(22)25-2/h7-11,21H,3-6H2,1-2H3. The maximum absolute atomic E-state index is 14.1. The minimum absolute atomic E-state index is 0.110. The summed E-state index contributed by atoms with van der Waals surface area (Å²) in [5, 5.41) is 0. The maximum Gasteiger partial charge on any atom is 0.340 e. The minimum Gasteiger partial charge on any atom is -0.465 e. The fourth-order valence-electron chi connectivity index (χ4n) is 3.26. The lowest BCUT2D eigenvalue weighted by Gasteiger charge is -2.21. The van der Waals surface area contributed by atoms with Crippen LogP contribution in [0.25, 0.3) is 0 Å². The van der Waals surface area contributed by atoms with Crippen molar-refractivity contribution in [3.8, 4) is 0 Å². The number of carbonyl (C=O) groups is 1. The summed E-state index contributed by atoms with van der Waals surface area (Å²) in [4.78, 5) is 11.9. The van der Waals surface area contributed by atoms with Gasteiger partial charge in [-0.25, -0.2) is 17.6 Å². The molecule has 138 valence electrons. The Morgan fingerprint density at radius 3 is 2.62 bits per heavy atom. The van der Waals surface area contributed by atoms with E-state index >= 15 is 0 Å². The number of carbonyl (C=O) groups excluding carboxylic acids is 1. The lowest BCUT2D eigenvalue weighted by molar-refractivity contribution is 0.0600. The van der Waals surface area contributed by atoms with Gasteiger partial charge >= 0.3 is 5.97 Å². The van der Waals surface area contributed by atoms with E-state index in [0.29, 0.717) is 12.0 Å². The van der Waals surface area contributed by atoms with Crippen molar-refractivity contribution < 1.29 is 22.3 Å². The smallest absolute Gasteiger partial charge is 0.340 e. The molecule has 0 spiro atoms. The van der Waals surface area contributed by atoms with Crippen LogP contribution >= 0.6 is 0 Å². The minimum atomic E-state index is -4.19. The molecule has 26 heavy (non-hydrogen) atoms. The third-order valence-corrected chi connectivity index (χ3v) is 5.92. The first-order valence-corrected chi connectivity index (χ1v) is 9.84. The quantitative estimate of drug-likeness (QED) is 0.827. The van der Waals surface area contributed by atoms with Crippen LogP contribution in [-0.2, 0) is 27.6 Å². The molecular formula is C19H20FNO4S. The summed E-state index contributed by atoms with van der Waals surface area (Å²) >= 11 is 0. The van der Waals surface area contributed by atoms with E-state index in [4.69, 9.17) is 4.74 Å². The molecule has 7 heteroatoms. The van der Waals surface area contributed by atoms with E-state index in [0.717, 1.165) is 36.5 Å². The van der Waals surface area contributed by atoms with Crippen molar-refractivity contribution in [2.75, 3.05) is 11.8 Å². The van der Waals surface area contributed by atoms with E-state index in [1.165, 1.54) is 19.2 Å². The third-order valence-electron chi connectivity index (χ3n) is 4.54. The highest BCUT2D eigenvalue weighted by Crippen LogP contribution is 2.32. The summed E-state index contributed by atoms with van der Waals surface area (Å²) in [6.07, 6.45) is 3.44. The van der Waals surface area contributed by atoms with Gasteiger partial charge in [-0.05, 0) is 67.5 Å². The number of methoxy groups -OCH3 is 1. The van der Waals surface area contributed by atoms with Crippen LogP contribution in [0.4, 0.5) is 10.1 Å². The second-order valence-electron chi connectivity index (χ2n) is 6.36. The van der Waals surface area contributed by atoms with Gasteiger partial charge in [-0.2, -0.15) is 0 Å². The molecule has 0 unspecified atom stereocenters. The maximum atomic E-state index is 14.1. The van der Waals surface area contributed by atoms with Crippen LogP contribution in [0.2, 0.25) is 0 Å². The highest BCUT2D eigenvalue weighted by Gasteiger charge is 2.26. The first-order chi connectivity index (χ1) is 12.3. The number of esters is 1. The molecule has 2 aromatic carbocycles. The molecule has 0 radical (unpaired) electrons. The van der Waals surface area contributed by atoms with Crippen molar-refractivity contribution in [1.82, 2.24) is 0 Å². The van der Waals surface area contributed by atoms with E-state index in [1.54, 1.807) is 13.0 Å². The lowest BCUT2D eigenvalue weighted by atomic mass is 9.87. The van der Waals surface area contributed by atoms with Gasteiger partial charge in [-0.3, -0.25) is 4.72 Å². The van der Waals surface area contributed by atoms with Crippen LogP contribution in [0.5, 0.6) is 0 Å². The van der Waals surface area contributed by atoms with Gasteiger partial charge in [0, 0.05) is 0 Å². The van der Waals surface area contributed by atoms with Crippen LogP contribution in [0.3, 0.4) is 0 Å². The summed E-state index contributed by atoms with van der Waals surface area (Å²) in [5.41, 5.74) is 2.75. The number of anilines is 1. The molecule has 3 rings (SSSR count). The SMILES string of the molecule is COC(=O)c1c(NS(=O)(=O)c2cc(C)ccc2F)ccc2c1CCCC2. The first-order valence-electron chi connectivity index (χ1n) is 8.35. The van der Waals surface area contributed by atoms with E-state index < -0.39 is 26.7 Å². The molecule has 2 aromatic rings. The largest absolute Gasteiger partial charge is 0.465 e. The molecule has 1 aliphatic carbocycles. The molecule has 5 nitrogen and oxygen atoms in total. The Balaban J connectivity index is 2.09. The van der Waals surface area contributed by atoms with E-state index in [1.807, 2.05) is 6.07 Å². The summed E-state index contributed by atoms with van der Waals surface area (Å²) < 4.78 is 46.7. The molecule has 0 bridgehead atoms. The van der Waals surface area contributed by atoms with E-state index in [-0.39, 0.29) is 11.3 Å². The van der Waals surface area contributed by atoms with E-state index in [9.17, 15) is 17.6 Å².